The van der Waals surface area contributed by atoms with Crippen molar-refractivity contribution in [3.63, 3.8) is 0 Å². The molecule has 7 heteroatoms. The number of carbonyl (C=O) groups is 1. The predicted molar refractivity (Wildman–Crippen MR) is 80.6 cm³/mol. The molecule has 0 aromatic carbocycles. The van der Waals surface area contributed by atoms with Gasteiger partial charge in [0.1, 0.15) is 0 Å². The van der Waals surface area contributed by atoms with Gasteiger partial charge in [0.05, 0.1) is 22.5 Å². The molecule has 3 aromatic heterocycles. The summed E-state index contributed by atoms with van der Waals surface area (Å²) in [4.78, 5) is 19.3. The number of thioether (sulfide) groups is 1. The molecule has 0 saturated heterocycles. The number of hydrogen-bond acceptors (Lipinski definition) is 6. The fourth-order valence-corrected chi connectivity index (χ4v) is 3.25. The van der Waals surface area contributed by atoms with E-state index in [-0.39, 0.29) is 5.56 Å². The van der Waals surface area contributed by atoms with Gasteiger partial charge in [-0.2, -0.15) is 0 Å². The smallest absolute Gasteiger partial charge is 0.337 e. The van der Waals surface area contributed by atoms with Gasteiger partial charge in [-0.05, 0) is 24.3 Å². The third kappa shape index (κ3) is 3.32. The minimum Gasteiger partial charge on any atom is -0.478 e. The fraction of sp³-hybridized carbons (Fsp3) is 0.0714. The van der Waals surface area contributed by atoms with Crippen LogP contribution in [0.5, 0.6) is 0 Å². The number of pyridine rings is 1. The second-order valence-corrected chi connectivity index (χ2v) is 5.95. The molecular formula is C14H10N2O3S2. The summed E-state index contributed by atoms with van der Waals surface area (Å²) in [5.41, 5.74) is 1.13. The second-order valence-electron chi connectivity index (χ2n) is 4.10. The first-order valence-corrected chi connectivity index (χ1v) is 7.89. The Morgan fingerprint density at radius 1 is 1.38 bits per heavy atom. The van der Waals surface area contributed by atoms with Crippen LogP contribution < -0.4 is 0 Å². The van der Waals surface area contributed by atoms with E-state index in [0.717, 1.165) is 21.5 Å². The van der Waals surface area contributed by atoms with Crippen LogP contribution in [0.3, 0.4) is 0 Å². The van der Waals surface area contributed by atoms with Gasteiger partial charge in [-0.15, -0.1) is 23.1 Å². The van der Waals surface area contributed by atoms with Crippen LogP contribution in [0, 0.1) is 0 Å². The first-order valence-electron chi connectivity index (χ1n) is 6.03. The first-order chi connectivity index (χ1) is 10.2. The average Bonchev–Trinajstić information content (AvgIpc) is 3.16. The summed E-state index contributed by atoms with van der Waals surface area (Å²) in [6.45, 7) is 0. The molecular weight excluding hydrogens is 308 g/mol. The van der Waals surface area contributed by atoms with E-state index in [4.69, 9.17) is 9.52 Å². The van der Waals surface area contributed by atoms with Crippen molar-refractivity contribution >= 4 is 29.1 Å². The molecule has 0 atom stereocenters. The number of nitrogens with zero attached hydrogens (tertiary/aromatic N) is 2. The van der Waals surface area contributed by atoms with Gasteiger partial charge in [0, 0.05) is 17.3 Å². The van der Waals surface area contributed by atoms with E-state index >= 15 is 0 Å². The molecule has 0 radical (unpaired) electrons. The molecule has 0 amide bonds. The normalized spacial score (nSPS) is 10.7. The Morgan fingerprint density at radius 3 is 2.95 bits per heavy atom. The van der Waals surface area contributed by atoms with Gasteiger partial charge in [0.15, 0.2) is 10.8 Å². The minimum absolute atomic E-state index is 0.188. The summed E-state index contributed by atoms with van der Waals surface area (Å²) < 4.78 is 5.30. The van der Waals surface area contributed by atoms with Gasteiger partial charge in [-0.3, -0.25) is 0 Å². The van der Waals surface area contributed by atoms with E-state index < -0.39 is 5.97 Å². The number of aromatic nitrogens is 2. The summed E-state index contributed by atoms with van der Waals surface area (Å²) in [5, 5.41) is 12.4. The number of carboxylic acids is 1. The van der Waals surface area contributed by atoms with Crippen molar-refractivity contribution in [1.82, 2.24) is 9.97 Å². The Labute approximate surface area is 128 Å². The Kier molecular flexibility index (Phi) is 4.03. The zero-order valence-electron chi connectivity index (χ0n) is 10.7. The highest BCUT2D eigenvalue weighted by Crippen LogP contribution is 2.27. The lowest BCUT2D eigenvalue weighted by Gasteiger charge is -1.99. The van der Waals surface area contributed by atoms with Crippen LogP contribution in [0.2, 0.25) is 0 Å². The molecule has 3 heterocycles. The lowest BCUT2D eigenvalue weighted by molar-refractivity contribution is 0.0696. The molecule has 0 aliphatic rings. The maximum Gasteiger partial charge on any atom is 0.337 e. The van der Waals surface area contributed by atoms with Crippen molar-refractivity contribution in [1.29, 1.82) is 0 Å². The molecule has 3 aromatic rings. The number of furan rings is 1. The quantitative estimate of drug-likeness (QED) is 0.721. The van der Waals surface area contributed by atoms with E-state index in [1.807, 2.05) is 17.5 Å². The Balaban J connectivity index is 1.64. The third-order valence-electron chi connectivity index (χ3n) is 2.63. The number of thiazole rings is 1. The maximum atomic E-state index is 10.7. The molecule has 5 nitrogen and oxygen atoms in total. The standard InChI is InChI=1S/C14H10N2O3S2/c17-14(18)9-3-4-12(15-6-9)20-7-10-8-21-13(16-10)11-2-1-5-19-11/h1-6,8H,7H2,(H,17,18). The number of aromatic carboxylic acids is 1. The SMILES string of the molecule is O=C(O)c1ccc(SCc2csc(-c3ccco3)n2)nc1. The predicted octanol–water partition coefficient (Wildman–Crippen LogP) is 3.79. The number of carboxylic acid groups (broad SMARTS) is 1. The molecule has 3 rings (SSSR count). The van der Waals surface area contributed by atoms with Gasteiger partial charge in [-0.25, -0.2) is 14.8 Å². The summed E-state index contributed by atoms with van der Waals surface area (Å²) in [7, 11) is 0. The van der Waals surface area contributed by atoms with E-state index in [1.165, 1.54) is 29.3 Å². The summed E-state index contributed by atoms with van der Waals surface area (Å²) in [6.07, 6.45) is 2.99. The molecule has 0 aliphatic carbocycles. The summed E-state index contributed by atoms with van der Waals surface area (Å²) in [6, 6.07) is 6.96. The second kappa shape index (κ2) is 6.11. The largest absolute Gasteiger partial charge is 0.478 e. The molecule has 0 aliphatic heterocycles. The lowest BCUT2D eigenvalue weighted by Crippen LogP contribution is -1.96. The van der Waals surface area contributed by atoms with Gasteiger partial charge in [0.2, 0.25) is 0 Å². The monoisotopic (exact) mass is 318 g/mol. The highest BCUT2D eigenvalue weighted by Gasteiger charge is 2.08. The van der Waals surface area contributed by atoms with E-state index in [2.05, 4.69) is 9.97 Å². The molecule has 0 fully saturated rings. The lowest BCUT2D eigenvalue weighted by atomic mass is 10.3. The van der Waals surface area contributed by atoms with Crippen LogP contribution in [0.4, 0.5) is 0 Å². The van der Waals surface area contributed by atoms with E-state index in [0.29, 0.717) is 5.75 Å². The average molecular weight is 318 g/mol. The summed E-state index contributed by atoms with van der Waals surface area (Å²) >= 11 is 3.05. The molecule has 0 spiro atoms. The molecule has 0 unspecified atom stereocenters. The molecule has 0 saturated carbocycles. The van der Waals surface area contributed by atoms with E-state index in [1.54, 1.807) is 18.4 Å². The Bertz CT molecular complexity index is 736. The van der Waals surface area contributed by atoms with E-state index in [9.17, 15) is 4.79 Å². The van der Waals surface area contributed by atoms with Crippen LogP contribution in [-0.2, 0) is 5.75 Å². The van der Waals surface area contributed by atoms with Crippen LogP contribution in [-0.4, -0.2) is 21.0 Å². The van der Waals surface area contributed by atoms with Crippen LogP contribution in [0.1, 0.15) is 16.1 Å². The molecule has 106 valence electrons. The first kappa shape index (κ1) is 13.8. The van der Waals surface area contributed by atoms with Gasteiger partial charge in [0.25, 0.3) is 0 Å². The van der Waals surface area contributed by atoms with Gasteiger partial charge < -0.3 is 9.52 Å². The fourth-order valence-electron chi connectivity index (χ4n) is 1.63. The Hall–Kier alpha value is -2.12. The van der Waals surface area contributed by atoms with Crippen LogP contribution in [0.15, 0.2) is 51.5 Å². The molecule has 1 N–H and O–H groups in total. The van der Waals surface area contributed by atoms with Crippen molar-refractivity contribution in [2.75, 3.05) is 0 Å². The van der Waals surface area contributed by atoms with Gasteiger partial charge >= 0.3 is 5.97 Å². The van der Waals surface area contributed by atoms with Crippen LogP contribution >= 0.6 is 23.1 Å². The Morgan fingerprint density at radius 2 is 2.29 bits per heavy atom. The minimum atomic E-state index is -0.971. The van der Waals surface area contributed by atoms with Crippen molar-refractivity contribution < 1.29 is 14.3 Å². The van der Waals surface area contributed by atoms with Gasteiger partial charge in [-0.1, -0.05) is 0 Å². The zero-order chi connectivity index (χ0) is 14.7. The number of hydrogen-bond donors (Lipinski definition) is 1. The molecule has 21 heavy (non-hydrogen) atoms. The van der Waals surface area contributed by atoms with Crippen molar-refractivity contribution in [3.05, 3.63) is 53.4 Å². The van der Waals surface area contributed by atoms with Crippen LogP contribution in [0.25, 0.3) is 10.8 Å². The topological polar surface area (TPSA) is 76.2 Å². The summed E-state index contributed by atoms with van der Waals surface area (Å²) in [5.74, 6) is 0.471. The maximum absolute atomic E-state index is 10.7. The molecule has 0 bridgehead atoms. The van der Waals surface area contributed by atoms with Crippen molar-refractivity contribution in [2.45, 2.75) is 10.8 Å². The zero-order valence-corrected chi connectivity index (χ0v) is 12.4. The van der Waals surface area contributed by atoms with Crippen molar-refractivity contribution in [2.24, 2.45) is 0 Å². The highest BCUT2D eigenvalue weighted by atomic mass is 32.2. The van der Waals surface area contributed by atoms with Crippen molar-refractivity contribution in [3.8, 4) is 10.8 Å². The third-order valence-corrected chi connectivity index (χ3v) is 4.52. The number of rotatable bonds is 5. The highest BCUT2D eigenvalue weighted by molar-refractivity contribution is 7.98.